The molecule has 19 heavy (non-hydrogen) atoms. The van der Waals surface area contributed by atoms with Crippen LogP contribution in [0.4, 0.5) is 0 Å². The molecule has 0 aliphatic heterocycles. The highest BCUT2D eigenvalue weighted by molar-refractivity contribution is 6.34. The predicted molar refractivity (Wildman–Crippen MR) is 71.0 cm³/mol. The minimum Gasteiger partial charge on any atom is -0.466 e. The van der Waals surface area contributed by atoms with Gasteiger partial charge in [-0.25, -0.2) is 9.97 Å². The van der Waals surface area contributed by atoms with Gasteiger partial charge in [-0.05, 0) is 31.7 Å². The van der Waals surface area contributed by atoms with Crippen LogP contribution in [0.3, 0.4) is 0 Å². The van der Waals surface area contributed by atoms with Crippen LogP contribution in [0, 0.1) is 5.92 Å². The smallest absolute Gasteiger partial charge is 0.309 e. The number of fused-ring (bicyclic) bond motifs is 3. The number of carbonyl (C=O) groups excluding carboxylic acids is 1. The van der Waals surface area contributed by atoms with Crippen molar-refractivity contribution in [1.82, 2.24) is 15.0 Å². The Balaban J connectivity index is 1.99. The van der Waals surface area contributed by atoms with Crippen LogP contribution in [-0.4, -0.2) is 27.5 Å². The van der Waals surface area contributed by atoms with Crippen LogP contribution in [0.15, 0.2) is 6.33 Å². The van der Waals surface area contributed by atoms with Gasteiger partial charge >= 0.3 is 5.97 Å². The number of nitrogens with zero attached hydrogens (tertiary/aromatic N) is 2. The number of aromatic nitrogens is 3. The van der Waals surface area contributed by atoms with Gasteiger partial charge in [0.05, 0.1) is 17.9 Å². The quantitative estimate of drug-likeness (QED) is 0.676. The Morgan fingerprint density at radius 3 is 3.21 bits per heavy atom. The van der Waals surface area contributed by atoms with Crippen LogP contribution in [0.1, 0.15) is 24.6 Å². The highest BCUT2D eigenvalue weighted by Crippen LogP contribution is 2.34. The van der Waals surface area contributed by atoms with Crippen LogP contribution in [0.2, 0.25) is 5.15 Å². The summed E-state index contributed by atoms with van der Waals surface area (Å²) >= 11 is 6.14. The van der Waals surface area contributed by atoms with E-state index in [1.807, 2.05) is 6.92 Å². The van der Waals surface area contributed by atoms with Gasteiger partial charge in [-0.1, -0.05) is 11.6 Å². The lowest BCUT2D eigenvalue weighted by Crippen LogP contribution is -2.24. The Hall–Kier alpha value is -1.62. The molecule has 0 aromatic carbocycles. The first kappa shape index (κ1) is 12.4. The van der Waals surface area contributed by atoms with Gasteiger partial charge in [0, 0.05) is 5.69 Å². The average Bonchev–Trinajstić information content (AvgIpc) is 2.77. The van der Waals surface area contributed by atoms with Crippen molar-refractivity contribution in [1.29, 1.82) is 0 Å². The number of rotatable bonds is 2. The summed E-state index contributed by atoms with van der Waals surface area (Å²) in [5.41, 5.74) is 2.91. The van der Waals surface area contributed by atoms with Gasteiger partial charge < -0.3 is 9.72 Å². The van der Waals surface area contributed by atoms with Crippen molar-refractivity contribution in [3.05, 3.63) is 22.7 Å². The molecule has 5 nitrogen and oxygen atoms in total. The minimum absolute atomic E-state index is 0.0947. The molecule has 1 unspecified atom stereocenters. The maximum Gasteiger partial charge on any atom is 0.309 e. The Bertz CT molecular complexity index is 638. The average molecular weight is 280 g/mol. The van der Waals surface area contributed by atoms with Gasteiger partial charge in [-0.3, -0.25) is 4.79 Å². The standard InChI is InChI=1S/C13H14ClN3O2/c1-2-19-13(18)7-3-4-9-8(5-7)10-11(14)15-6-16-12(10)17-9/h6-7H,2-5H2,1H3,(H,15,16,17). The van der Waals surface area contributed by atoms with Gasteiger partial charge in [0.2, 0.25) is 0 Å². The topological polar surface area (TPSA) is 67.9 Å². The molecule has 1 aliphatic rings. The summed E-state index contributed by atoms with van der Waals surface area (Å²) in [6, 6.07) is 0. The lowest BCUT2D eigenvalue weighted by molar-refractivity contribution is -0.148. The number of aryl methyl sites for hydroxylation is 1. The molecule has 0 spiro atoms. The summed E-state index contributed by atoms with van der Waals surface area (Å²) < 4.78 is 5.10. The summed E-state index contributed by atoms with van der Waals surface area (Å²) in [7, 11) is 0. The number of carbonyl (C=O) groups is 1. The number of halogens is 1. The molecule has 2 aromatic heterocycles. The number of esters is 1. The molecule has 2 aromatic rings. The molecule has 0 fully saturated rings. The highest BCUT2D eigenvalue weighted by atomic mass is 35.5. The SMILES string of the molecule is CCOC(=O)C1CCc2[nH]c3ncnc(Cl)c3c2C1. The van der Waals surface area contributed by atoms with Crippen molar-refractivity contribution in [3.63, 3.8) is 0 Å². The fourth-order valence-corrected chi connectivity index (χ4v) is 2.91. The molecule has 0 saturated carbocycles. The number of nitrogens with one attached hydrogen (secondary N) is 1. The predicted octanol–water partition coefficient (Wildman–Crippen LogP) is 2.28. The number of ether oxygens (including phenoxy) is 1. The van der Waals surface area contributed by atoms with Crippen LogP contribution < -0.4 is 0 Å². The molecular weight excluding hydrogens is 266 g/mol. The van der Waals surface area contributed by atoms with Crippen molar-refractivity contribution < 1.29 is 9.53 Å². The van der Waals surface area contributed by atoms with Gasteiger partial charge in [-0.15, -0.1) is 0 Å². The van der Waals surface area contributed by atoms with E-state index in [-0.39, 0.29) is 11.9 Å². The normalized spacial score (nSPS) is 18.3. The summed E-state index contributed by atoms with van der Waals surface area (Å²) in [6.45, 7) is 2.24. The second-order valence-corrected chi connectivity index (χ2v) is 5.02. The molecule has 0 bridgehead atoms. The first-order chi connectivity index (χ1) is 9.20. The van der Waals surface area contributed by atoms with Crippen LogP contribution in [0.25, 0.3) is 11.0 Å². The Morgan fingerprint density at radius 2 is 2.42 bits per heavy atom. The zero-order valence-corrected chi connectivity index (χ0v) is 11.3. The zero-order valence-electron chi connectivity index (χ0n) is 10.6. The highest BCUT2D eigenvalue weighted by Gasteiger charge is 2.29. The third-order valence-corrected chi connectivity index (χ3v) is 3.84. The Morgan fingerprint density at radius 1 is 1.58 bits per heavy atom. The van der Waals surface area contributed by atoms with E-state index in [0.717, 1.165) is 35.1 Å². The maximum atomic E-state index is 11.9. The molecular formula is C13H14ClN3O2. The van der Waals surface area contributed by atoms with E-state index >= 15 is 0 Å². The fourth-order valence-electron chi connectivity index (χ4n) is 2.66. The molecule has 3 rings (SSSR count). The third-order valence-electron chi connectivity index (χ3n) is 3.55. The number of hydrogen-bond acceptors (Lipinski definition) is 4. The Labute approximate surface area is 115 Å². The molecule has 1 aliphatic carbocycles. The molecule has 6 heteroatoms. The van der Waals surface area contributed by atoms with Crippen molar-refractivity contribution in [2.45, 2.75) is 26.2 Å². The van der Waals surface area contributed by atoms with E-state index in [9.17, 15) is 4.79 Å². The monoisotopic (exact) mass is 279 g/mol. The van der Waals surface area contributed by atoms with Gasteiger partial charge in [-0.2, -0.15) is 0 Å². The first-order valence-corrected chi connectivity index (χ1v) is 6.75. The van der Waals surface area contributed by atoms with Gasteiger partial charge in [0.1, 0.15) is 17.1 Å². The van der Waals surface area contributed by atoms with Crippen molar-refractivity contribution >= 4 is 28.6 Å². The molecule has 1 N–H and O–H groups in total. The summed E-state index contributed by atoms with van der Waals surface area (Å²) in [5, 5.41) is 1.28. The fraction of sp³-hybridized carbons (Fsp3) is 0.462. The zero-order chi connectivity index (χ0) is 13.4. The van der Waals surface area contributed by atoms with Crippen LogP contribution >= 0.6 is 11.6 Å². The summed E-state index contributed by atoms with van der Waals surface area (Å²) in [5.74, 6) is -0.224. The number of H-pyrrole nitrogens is 1. The lowest BCUT2D eigenvalue weighted by Gasteiger charge is -2.20. The van der Waals surface area contributed by atoms with Crippen molar-refractivity contribution in [2.24, 2.45) is 5.92 Å². The number of aromatic amines is 1. The third kappa shape index (κ3) is 2.08. The molecule has 0 saturated heterocycles. The molecule has 2 heterocycles. The van der Waals surface area contributed by atoms with Crippen LogP contribution in [0.5, 0.6) is 0 Å². The largest absolute Gasteiger partial charge is 0.466 e. The number of hydrogen-bond donors (Lipinski definition) is 1. The van der Waals surface area contributed by atoms with E-state index in [1.165, 1.54) is 6.33 Å². The Kier molecular flexibility index (Phi) is 3.14. The van der Waals surface area contributed by atoms with E-state index in [2.05, 4.69) is 15.0 Å². The first-order valence-electron chi connectivity index (χ1n) is 6.37. The van der Waals surface area contributed by atoms with Gasteiger partial charge in [0.15, 0.2) is 0 Å². The second-order valence-electron chi connectivity index (χ2n) is 4.66. The maximum absolute atomic E-state index is 11.9. The molecule has 100 valence electrons. The van der Waals surface area contributed by atoms with E-state index in [4.69, 9.17) is 16.3 Å². The van der Waals surface area contributed by atoms with Crippen molar-refractivity contribution in [2.75, 3.05) is 6.61 Å². The van der Waals surface area contributed by atoms with Gasteiger partial charge in [0.25, 0.3) is 0 Å². The lowest BCUT2D eigenvalue weighted by atomic mass is 9.87. The minimum atomic E-state index is -0.129. The molecule has 0 amide bonds. The second kappa shape index (κ2) is 4.81. The van der Waals surface area contributed by atoms with E-state index in [1.54, 1.807) is 0 Å². The van der Waals surface area contributed by atoms with Crippen LogP contribution in [-0.2, 0) is 22.4 Å². The molecule has 0 radical (unpaired) electrons. The summed E-state index contributed by atoms with van der Waals surface area (Å²) in [6.07, 6.45) is 3.69. The summed E-state index contributed by atoms with van der Waals surface area (Å²) in [4.78, 5) is 23.3. The van der Waals surface area contributed by atoms with E-state index in [0.29, 0.717) is 18.2 Å². The molecule has 1 atom stereocenters. The van der Waals surface area contributed by atoms with E-state index < -0.39 is 0 Å². The van der Waals surface area contributed by atoms with Crippen molar-refractivity contribution in [3.8, 4) is 0 Å².